The van der Waals surface area contributed by atoms with E-state index < -0.39 is 5.82 Å². The minimum atomic E-state index is -0.505. The third-order valence-electron chi connectivity index (χ3n) is 5.22. The summed E-state index contributed by atoms with van der Waals surface area (Å²) in [5, 5.41) is 3.70. The third kappa shape index (κ3) is 3.36. The van der Waals surface area contributed by atoms with Crippen LogP contribution in [0.2, 0.25) is 0 Å². The molecule has 30 heavy (non-hydrogen) atoms. The molecule has 150 valence electrons. The number of fused-ring (bicyclic) bond motifs is 1. The molecule has 0 unspecified atom stereocenters. The highest BCUT2D eigenvalue weighted by atomic mass is 19.1. The molecule has 1 N–H and O–H groups in total. The maximum atomic E-state index is 14.9. The van der Waals surface area contributed by atoms with Gasteiger partial charge in [-0.15, -0.1) is 0 Å². The summed E-state index contributed by atoms with van der Waals surface area (Å²) in [5.74, 6) is -0.170. The number of nitrogens with one attached hydrogen (secondary N) is 1. The van der Waals surface area contributed by atoms with Gasteiger partial charge in [-0.2, -0.15) is 0 Å². The highest BCUT2D eigenvalue weighted by Crippen LogP contribution is 2.29. The van der Waals surface area contributed by atoms with E-state index in [4.69, 9.17) is 4.42 Å². The average Bonchev–Trinajstić information content (AvgIpc) is 3.44. The molecule has 5 rings (SSSR count). The first-order valence-electron chi connectivity index (χ1n) is 9.64. The number of furan rings is 1. The molecular formula is C22H18FN5O2. The lowest BCUT2D eigenvalue weighted by Crippen LogP contribution is -2.37. The summed E-state index contributed by atoms with van der Waals surface area (Å²) in [4.78, 5) is 27.4. The van der Waals surface area contributed by atoms with Gasteiger partial charge in [0.15, 0.2) is 0 Å². The number of rotatable bonds is 4. The van der Waals surface area contributed by atoms with Gasteiger partial charge in [-0.1, -0.05) is 0 Å². The van der Waals surface area contributed by atoms with Gasteiger partial charge >= 0.3 is 0 Å². The average molecular weight is 403 g/mol. The maximum absolute atomic E-state index is 14.9. The molecule has 1 aliphatic heterocycles. The Morgan fingerprint density at radius 2 is 2.00 bits per heavy atom. The Hall–Kier alpha value is -3.81. The Morgan fingerprint density at radius 1 is 1.13 bits per heavy atom. The molecule has 4 aromatic rings. The van der Waals surface area contributed by atoms with Crippen LogP contribution in [0, 0.1) is 5.82 Å². The Labute approximate surface area is 171 Å². The first kappa shape index (κ1) is 18.2. The highest BCUT2D eigenvalue weighted by Gasteiger charge is 2.26. The van der Waals surface area contributed by atoms with Gasteiger partial charge in [0.1, 0.15) is 11.4 Å². The number of aromatic nitrogens is 3. The smallest absolute Gasteiger partial charge is 0.251 e. The Kier molecular flexibility index (Phi) is 4.59. The number of amides is 1. The van der Waals surface area contributed by atoms with Crippen molar-refractivity contribution in [1.82, 2.24) is 20.3 Å². The minimum absolute atomic E-state index is 0.0506. The fourth-order valence-electron chi connectivity index (χ4n) is 3.74. The summed E-state index contributed by atoms with van der Waals surface area (Å²) in [6.07, 6.45) is 7.27. The number of carbonyl (C=O) groups is 1. The van der Waals surface area contributed by atoms with Gasteiger partial charge < -0.3 is 14.6 Å². The van der Waals surface area contributed by atoms with Gasteiger partial charge in [-0.3, -0.25) is 9.78 Å². The second kappa shape index (κ2) is 7.55. The van der Waals surface area contributed by atoms with Crippen molar-refractivity contribution < 1.29 is 13.6 Å². The van der Waals surface area contributed by atoms with Crippen LogP contribution in [0.3, 0.4) is 0 Å². The summed E-state index contributed by atoms with van der Waals surface area (Å²) in [6.45, 7) is 1.37. The van der Waals surface area contributed by atoms with Crippen LogP contribution in [0.15, 0.2) is 65.7 Å². The number of hydrogen-bond donors (Lipinski definition) is 1. The van der Waals surface area contributed by atoms with Crippen LogP contribution < -0.4 is 10.2 Å². The van der Waals surface area contributed by atoms with Crippen molar-refractivity contribution in [1.29, 1.82) is 0 Å². The van der Waals surface area contributed by atoms with Crippen molar-refractivity contribution in [2.24, 2.45) is 0 Å². The number of nitrogens with zero attached hydrogens (tertiary/aromatic N) is 4. The zero-order valence-electron chi connectivity index (χ0n) is 16.0. The predicted octanol–water partition coefficient (Wildman–Crippen LogP) is 3.43. The van der Waals surface area contributed by atoms with Crippen molar-refractivity contribution >= 4 is 22.8 Å². The molecule has 3 aromatic heterocycles. The molecule has 4 heterocycles. The molecule has 1 saturated heterocycles. The predicted molar refractivity (Wildman–Crippen MR) is 110 cm³/mol. The second-order valence-corrected chi connectivity index (χ2v) is 7.14. The number of pyridine rings is 1. The van der Waals surface area contributed by atoms with Crippen LogP contribution >= 0.6 is 0 Å². The quantitative estimate of drug-likeness (QED) is 0.562. The zero-order valence-corrected chi connectivity index (χ0v) is 16.0. The third-order valence-corrected chi connectivity index (χ3v) is 5.22. The lowest BCUT2D eigenvalue weighted by atomic mass is 10.0. The molecule has 1 aromatic carbocycles. The van der Waals surface area contributed by atoms with E-state index in [1.807, 2.05) is 4.90 Å². The van der Waals surface area contributed by atoms with Crippen LogP contribution in [0.25, 0.3) is 22.2 Å². The van der Waals surface area contributed by atoms with E-state index in [1.165, 1.54) is 6.07 Å². The van der Waals surface area contributed by atoms with Crippen molar-refractivity contribution in [2.75, 3.05) is 18.0 Å². The molecule has 1 atom stereocenters. The first-order valence-corrected chi connectivity index (χ1v) is 9.64. The van der Waals surface area contributed by atoms with E-state index >= 15 is 0 Å². The fraction of sp³-hybridized carbons (Fsp3) is 0.182. The van der Waals surface area contributed by atoms with E-state index in [9.17, 15) is 9.18 Å². The Bertz CT molecular complexity index is 1210. The number of benzene rings is 1. The van der Waals surface area contributed by atoms with Crippen molar-refractivity contribution in [3.8, 4) is 11.3 Å². The lowest BCUT2D eigenvalue weighted by Gasteiger charge is -2.16. The number of anilines is 1. The second-order valence-electron chi connectivity index (χ2n) is 7.14. The van der Waals surface area contributed by atoms with Gasteiger partial charge in [0, 0.05) is 54.2 Å². The van der Waals surface area contributed by atoms with Crippen LogP contribution in [0.4, 0.5) is 10.3 Å². The highest BCUT2D eigenvalue weighted by molar-refractivity contribution is 5.96. The molecule has 1 amide bonds. The van der Waals surface area contributed by atoms with Crippen LogP contribution in [-0.2, 0) is 0 Å². The number of hydrogen-bond acceptors (Lipinski definition) is 6. The van der Waals surface area contributed by atoms with Gasteiger partial charge in [-0.25, -0.2) is 14.4 Å². The fourth-order valence-corrected chi connectivity index (χ4v) is 3.74. The van der Waals surface area contributed by atoms with Gasteiger partial charge in [0.2, 0.25) is 5.95 Å². The van der Waals surface area contributed by atoms with E-state index in [1.54, 1.807) is 55.2 Å². The summed E-state index contributed by atoms with van der Waals surface area (Å²) in [5.41, 5.74) is 1.71. The molecule has 8 heteroatoms. The van der Waals surface area contributed by atoms with E-state index in [0.717, 1.165) is 18.4 Å². The molecule has 1 fully saturated rings. The molecule has 0 bridgehead atoms. The van der Waals surface area contributed by atoms with E-state index in [0.29, 0.717) is 29.3 Å². The van der Waals surface area contributed by atoms with Crippen LogP contribution in [0.1, 0.15) is 16.8 Å². The Balaban J connectivity index is 1.31. The topological polar surface area (TPSA) is 84.2 Å². The van der Waals surface area contributed by atoms with Gasteiger partial charge in [0.25, 0.3) is 5.91 Å². The molecule has 0 aliphatic carbocycles. The van der Waals surface area contributed by atoms with Crippen molar-refractivity contribution in [3.63, 3.8) is 0 Å². The summed E-state index contributed by atoms with van der Waals surface area (Å²) in [7, 11) is 0. The lowest BCUT2D eigenvalue weighted by molar-refractivity contribution is 0.0940. The number of halogens is 1. The Morgan fingerprint density at radius 3 is 2.83 bits per heavy atom. The van der Waals surface area contributed by atoms with Crippen molar-refractivity contribution in [3.05, 3.63) is 72.6 Å². The standard InChI is InChI=1S/C22H18FN5O2/c23-18-12-14(2-3-16(18)20-17-6-11-30-19(17)4-9-24-20)21(29)27-15-5-10-28(13-15)22-25-7-1-8-26-22/h1-4,6-9,11-12,15H,5,10,13H2,(H,27,29)/t15-/m0/s1. The SMILES string of the molecule is O=C(N[C@H]1CCN(c2ncccn2)C1)c1ccc(-c2nccc3occc23)c(F)c1. The zero-order chi connectivity index (χ0) is 20.5. The normalized spacial score (nSPS) is 16.2. The van der Waals surface area contributed by atoms with Crippen LogP contribution in [-0.4, -0.2) is 40.0 Å². The molecule has 0 spiro atoms. The van der Waals surface area contributed by atoms with E-state index in [-0.39, 0.29) is 17.5 Å². The summed E-state index contributed by atoms with van der Waals surface area (Å²) in [6, 6.07) is 9.63. The molecular weight excluding hydrogens is 385 g/mol. The van der Waals surface area contributed by atoms with E-state index in [2.05, 4.69) is 20.3 Å². The summed E-state index contributed by atoms with van der Waals surface area (Å²) < 4.78 is 20.2. The van der Waals surface area contributed by atoms with Gasteiger partial charge in [0.05, 0.1) is 12.0 Å². The summed E-state index contributed by atoms with van der Waals surface area (Å²) >= 11 is 0. The monoisotopic (exact) mass is 403 g/mol. The maximum Gasteiger partial charge on any atom is 0.251 e. The minimum Gasteiger partial charge on any atom is -0.464 e. The molecule has 0 radical (unpaired) electrons. The first-order chi connectivity index (χ1) is 14.7. The van der Waals surface area contributed by atoms with Gasteiger partial charge in [-0.05, 0) is 42.8 Å². The number of carbonyl (C=O) groups excluding carboxylic acids is 1. The molecule has 1 aliphatic rings. The molecule has 0 saturated carbocycles. The van der Waals surface area contributed by atoms with Crippen molar-refractivity contribution in [2.45, 2.75) is 12.5 Å². The molecule has 7 nitrogen and oxygen atoms in total. The largest absolute Gasteiger partial charge is 0.464 e. The van der Waals surface area contributed by atoms with Crippen LogP contribution in [0.5, 0.6) is 0 Å².